The topological polar surface area (TPSA) is 51.8 Å². The minimum absolute atomic E-state index is 0.445. The third-order valence-corrected chi connectivity index (χ3v) is 3.12. The number of nitrogens with zero attached hydrogens (tertiary/aromatic N) is 2. The maximum Gasteiger partial charge on any atom is 0.131 e. The van der Waals surface area contributed by atoms with Gasteiger partial charge in [-0.3, -0.25) is 0 Å². The molecule has 0 aromatic carbocycles. The Morgan fingerprint density at radius 2 is 1.75 bits per heavy atom. The third-order valence-electron chi connectivity index (χ3n) is 3.12. The molecule has 2 N–H and O–H groups in total. The molecular formula is C13H23N3. The Morgan fingerprint density at radius 3 is 2.19 bits per heavy atom. The van der Waals surface area contributed by atoms with Gasteiger partial charge in [0.1, 0.15) is 5.82 Å². The Morgan fingerprint density at radius 1 is 1.19 bits per heavy atom. The summed E-state index contributed by atoms with van der Waals surface area (Å²) < 4.78 is 0. The van der Waals surface area contributed by atoms with Gasteiger partial charge < -0.3 is 5.73 Å². The van der Waals surface area contributed by atoms with Crippen LogP contribution in [-0.2, 0) is 6.42 Å². The molecule has 1 aromatic heterocycles. The van der Waals surface area contributed by atoms with Crippen LogP contribution in [0.5, 0.6) is 0 Å². The molecule has 0 saturated heterocycles. The first-order valence-corrected chi connectivity index (χ1v) is 6.14. The van der Waals surface area contributed by atoms with E-state index in [1.165, 1.54) is 5.56 Å². The molecule has 1 heterocycles. The summed E-state index contributed by atoms with van der Waals surface area (Å²) in [4.78, 5) is 9.21. The van der Waals surface area contributed by atoms with Crippen molar-refractivity contribution in [2.45, 2.75) is 52.9 Å². The van der Waals surface area contributed by atoms with E-state index in [-0.39, 0.29) is 0 Å². The first-order valence-electron chi connectivity index (χ1n) is 6.14. The van der Waals surface area contributed by atoms with E-state index >= 15 is 0 Å². The van der Waals surface area contributed by atoms with E-state index in [1.54, 1.807) is 0 Å². The van der Waals surface area contributed by atoms with E-state index in [1.807, 2.05) is 0 Å². The summed E-state index contributed by atoms with van der Waals surface area (Å²) in [5.41, 5.74) is 9.05. The van der Waals surface area contributed by atoms with Crippen LogP contribution in [0.1, 0.15) is 55.4 Å². The van der Waals surface area contributed by atoms with Gasteiger partial charge in [-0.2, -0.15) is 0 Å². The van der Waals surface area contributed by atoms with Crippen LogP contribution < -0.4 is 5.73 Å². The van der Waals surface area contributed by atoms with E-state index in [9.17, 15) is 0 Å². The van der Waals surface area contributed by atoms with Crippen molar-refractivity contribution in [1.29, 1.82) is 0 Å². The van der Waals surface area contributed by atoms with Gasteiger partial charge in [0, 0.05) is 17.3 Å². The van der Waals surface area contributed by atoms with Crippen LogP contribution in [0.2, 0.25) is 0 Å². The fraction of sp³-hybridized carbons (Fsp3) is 0.692. The van der Waals surface area contributed by atoms with Crippen molar-refractivity contribution in [3.8, 4) is 0 Å². The predicted molar refractivity (Wildman–Crippen MR) is 67.6 cm³/mol. The van der Waals surface area contributed by atoms with Gasteiger partial charge in [0.15, 0.2) is 0 Å². The van der Waals surface area contributed by atoms with Crippen molar-refractivity contribution in [1.82, 2.24) is 9.97 Å². The average molecular weight is 221 g/mol. The van der Waals surface area contributed by atoms with E-state index in [0.29, 0.717) is 5.92 Å². The molecule has 3 nitrogen and oxygen atoms in total. The van der Waals surface area contributed by atoms with Crippen molar-refractivity contribution in [3.05, 3.63) is 22.8 Å². The van der Waals surface area contributed by atoms with Crippen molar-refractivity contribution >= 4 is 0 Å². The highest BCUT2D eigenvalue weighted by atomic mass is 14.9. The smallest absolute Gasteiger partial charge is 0.131 e. The molecule has 16 heavy (non-hydrogen) atoms. The van der Waals surface area contributed by atoms with E-state index in [0.717, 1.165) is 43.0 Å². The zero-order valence-electron chi connectivity index (χ0n) is 10.9. The molecule has 0 bridgehead atoms. The average Bonchev–Trinajstić information content (AvgIpc) is 2.26. The molecule has 0 aliphatic carbocycles. The summed E-state index contributed by atoms with van der Waals surface area (Å²) in [5, 5.41) is 0. The first-order chi connectivity index (χ1) is 7.60. The van der Waals surface area contributed by atoms with Crippen LogP contribution in [0.4, 0.5) is 0 Å². The minimum Gasteiger partial charge on any atom is -0.330 e. The second-order valence-electron chi connectivity index (χ2n) is 4.43. The van der Waals surface area contributed by atoms with Crippen molar-refractivity contribution in [2.75, 3.05) is 6.54 Å². The van der Waals surface area contributed by atoms with Crippen molar-refractivity contribution in [3.63, 3.8) is 0 Å². The summed E-state index contributed by atoms with van der Waals surface area (Å²) in [5.74, 6) is 1.43. The van der Waals surface area contributed by atoms with E-state index < -0.39 is 0 Å². The van der Waals surface area contributed by atoms with Gasteiger partial charge in [0.05, 0.1) is 0 Å². The van der Waals surface area contributed by atoms with Gasteiger partial charge in [0.25, 0.3) is 0 Å². The number of aromatic nitrogens is 2. The lowest BCUT2D eigenvalue weighted by atomic mass is 10.0. The fourth-order valence-corrected chi connectivity index (χ4v) is 1.81. The number of rotatable bonds is 5. The third kappa shape index (κ3) is 3.01. The Kier molecular flexibility index (Phi) is 4.87. The summed E-state index contributed by atoms with van der Waals surface area (Å²) in [7, 11) is 0. The SMILES string of the molecule is CCC(C)c1nc(C)c(CCCN)c(C)n1. The van der Waals surface area contributed by atoms with E-state index in [2.05, 4.69) is 37.7 Å². The number of hydrogen-bond donors (Lipinski definition) is 1. The highest BCUT2D eigenvalue weighted by molar-refractivity contribution is 5.25. The molecule has 0 saturated carbocycles. The molecule has 0 spiro atoms. The summed E-state index contributed by atoms with van der Waals surface area (Å²) in [6.45, 7) is 9.22. The molecular weight excluding hydrogens is 198 g/mol. The minimum atomic E-state index is 0.445. The lowest BCUT2D eigenvalue weighted by Crippen LogP contribution is -2.09. The molecule has 0 aliphatic heterocycles. The molecule has 90 valence electrons. The molecule has 0 aliphatic rings. The van der Waals surface area contributed by atoms with Crippen LogP contribution >= 0.6 is 0 Å². The van der Waals surface area contributed by atoms with Gasteiger partial charge in [-0.1, -0.05) is 13.8 Å². The van der Waals surface area contributed by atoms with E-state index in [4.69, 9.17) is 5.73 Å². The Balaban J connectivity index is 2.97. The summed E-state index contributed by atoms with van der Waals surface area (Å²) >= 11 is 0. The number of nitrogens with two attached hydrogens (primary N) is 1. The molecule has 0 amide bonds. The van der Waals surface area contributed by atoms with Gasteiger partial charge >= 0.3 is 0 Å². The van der Waals surface area contributed by atoms with Gasteiger partial charge in [0.2, 0.25) is 0 Å². The number of aryl methyl sites for hydroxylation is 2. The Hall–Kier alpha value is -0.960. The summed E-state index contributed by atoms with van der Waals surface area (Å²) in [6, 6.07) is 0. The molecule has 0 radical (unpaired) electrons. The van der Waals surface area contributed by atoms with Crippen molar-refractivity contribution in [2.24, 2.45) is 5.73 Å². The monoisotopic (exact) mass is 221 g/mol. The molecule has 1 atom stereocenters. The highest BCUT2D eigenvalue weighted by Gasteiger charge is 2.11. The molecule has 0 fully saturated rings. The fourth-order valence-electron chi connectivity index (χ4n) is 1.81. The zero-order valence-corrected chi connectivity index (χ0v) is 10.9. The van der Waals surface area contributed by atoms with Crippen LogP contribution in [0.3, 0.4) is 0 Å². The largest absolute Gasteiger partial charge is 0.330 e. The van der Waals surface area contributed by atoms with Gasteiger partial charge in [-0.15, -0.1) is 0 Å². The maximum atomic E-state index is 5.54. The highest BCUT2D eigenvalue weighted by Crippen LogP contribution is 2.18. The lowest BCUT2D eigenvalue weighted by Gasteiger charge is -2.13. The Bertz CT molecular complexity index is 324. The first kappa shape index (κ1) is 13.1. The molecule has 1 rings (SSSR count). The van der Waals surface area contributed by atoms with Crippen LogP contribution in [-0.4, -0.2) is 16.5 Å². The second-order valence-corrected chi connectivity index (χ2v) is 4.43. The van der Waals surface area contributed by atoms with Gasteiger partial charge in [-0.25, -0.2) is 9.97 Å². The normalized spacial score (nSPS) is 12.8. The van der Waals surface area contributed by atoms with Crippen LogP contribution in [0.25, 0.3) is 0 Å². The second kappa shape index (κ2) is 5.94. The maximum absolute atomic E-state index is 5.54. The van der Waals surface area contributed by atoms with Crippen LogP contribution in [0, 0.1) is 13.8 Å². The quantitative estimate of drug-likeness (QED) is 0.831. The predicted octanol–water partition coefficient (Wildman–Crippen LogP) is 2.50. The van der Waals surface area contributed by atoms with Gasteiger partial charge in [-0.05, 0) is 45.2 Å². The molecule has 1 aromatic rings. The van der Waals surface area contributed by atoms with Crippen molar-refractivity contribution < 1.29 is 0 Å². The number of hydrogen-bond acceptors (Lipinski definition) is 3. The Labute approximate surface area is 98.5 Å². The van der Waals surface area contributed by atoms with Crippen LogP contribution in [0.15, 0.2) is 0 Å². The lowest BCUT2D eigenvalue weighted by molar-refractivity contribution is 0.663. The molecule has 3 heteroatoms. The zero-order chi connectivity index (χ0) is 12.1. The summed E-state index contributed by atoms with van der Waals surface area (Å²) in [6.07, 6.45) is 3.09. The molecule has 1 unspecified atom stereocenters. The standard InChI is InChI=1S/C13H23N3/c1-5-9(2)13-15-10(3)12(7-6-8-14)11(4)16-13/h9H,5-8,14H2,1-4H3.